The Balaban J connectivity index is 2.33. The Morgan fingerprint density at radius 1 is 1.38 bits per heavy atom. The Bertz CT molecular complexity index is 552. The first-order chi connectivity index (χ1) is 7.68. The summed E-state index contributed by atoms with van der Waals surface area (Å²) in [5, 5.41) is 11.4. The van der Waals surface area contributed by atoms with Gasteiger partial charge in [0.2, 0.25) is 0 Å². The van der Waals surface area contributed by atoms with E-state index in [2.05, 4.69) is 20.7 Å². The van der Waals surface area contributed by atoms with Crippen LogP contribution in [0.2, 0.25) is 0 Å². The molecule has 0 aliphatic heterocycles. The predicted octanol–water partition coefficient (Wildman–Crippen LogP) is 1.69. The number of aromatic amines is 1. The molecule has 0 aliphatic rings. The molecule has 0 fully saturated rings. The summed E-state index contributed by atoms with van der Waals surface area (Å²) >= 11 is 0. The van der Waals surface area contributed by atoms with Gasteiger partial charge in [0.15, 0.2) is 5.69 Å². The molecule has 0 spiro atoms. The summed E-state index contributed by atoms with van der Waals surface area (Å²) in [6.45, 7) is 3.62. The number of hydrogen-bond acceptors (Lipinski definition) is 3. The number of benzene rings is 1. The molecule has 0 unspecified atom stereocenters. The average molecular weight is 216 g/mol. The molecule has 0 atom stereocenters. The number of carbonyl (C=O) groups is 1. The van der Waals surface area contributed by atoms with Crippen molar-refractivity contribution in [3.63, 3.8) is 0 Å². The number of nitrogens with one attached hydrogen (secondary N) is 2. The smallest absolute Gasteiger partial charge is 0.277 e. The Labute approximate surface area is 92.5 Å². The highest BCUT2D eigenvalue weighted by atomic mass is 16.2. The molecule has 0 saturated heterocycles. The van der Waals surface area contributed by atoms with Crippen LogP contribution in [0.4, 0.5) is 0 Å². The second-order valence-electron chi connectivity index (χ2n) is 3.62. The van der Waals surface area contributed by atoms with Crippen LogP contribution in [-0.4, -0.2) is 21.8 Å². The van der Waals surface area contributed by atoms with E-state index in [1.54, 1.807) is 0 Å². The molecule has 0 bridgehead atoms. The monoisotopic (exact) mass is 216 g/mol. The number of nitrogens with zero attached hydrogens (tertiary/aromatic N) is 2. The predicted molar refractivity (Wildman–Crippen MR) is 62.3 cm³/mol. The Kier molecular flexibility index (Phi) is 2.68. The third kappa shape index (κ3) is 1.93. The van der Waals surface area contributed by atoms with Crippen LogP contribution in [0.1, 0.15) is 24.3 Å². The van der Waals surface area contributed by atoms with Crippen molar-refractivity contribution >= 4 is 22.5 Å². The molecular formula is C11H12N4O. The first-order valence-electron chi connectivity index (χ1n) is 4.93. The van der Waals surface area contributed by atoms with Crippen molar-refractivity contribution in [2.75, 3.05) is 0 Å². The van der Waals surface area contributed by atoms with Gasteiger partial charge in [0.25, 0.3) is 5.91 Å². The maximum Gasteiger partial charge on any atom is 0.292 e. The van der Waals surface area contributed by atoms with Gasteiger partial charge in [-0.1, -0.05) is 18.2 Å². The number of amides is 1. The molecule has 82 valence electrons. The van der Waals surface area contributed by atoms with Gasteiger partial charge in [-0.2, -0.15) is 10.2 Å². The van der Waals surface area contributed by atoms with Gasteiger partial charge in [-0.15, -0.1) is 0 Å². The topological polar surface area (TPSA) is 70.1 Å². The van der Waals surface area contributed by atoms with Crippen LogP contribution < -0.4 is 5.43 Å². The van der Waals surface area contributed by atoms with Crippen molar-refractivity contribution < 1.29 is 4.79 Å². The maximum absolute atomic E-state index is 11.7. The summed E-state index contributed by atoms with van der Waals surface area (Å²) in [6, 6.07) is 7.46. The lowest BCUT2D eigenvalue weighted by Crippen LogP contribution is -2.19. The van der Waals surface area contributed by atoms with Crippen molar-refractivity contribution in [3.8, 4) is 0 Å². The van der Waals surface area contributed by atoms with Crippen LogP contribution in [0, 0.1) is 0 Å². The zero-order valence-electron chi connectivity index (χ0n) is 9.11. The van der Waals surface area contributed by atoms with Gasteiger partial charge in [-0.05, 0) is 19.9 Å². The first kappa shape index (κ1) is 10.4. The molecule has 2 rings (SSSR count). The number of hydrogen-bond donors (Lipinski definition) is 2. The molecule has 1 aromatic carbocycles. The molecule has 5 nitrogen and oxygen atoms in total. The number of aromatic nitrogens is 2. The van der Waals surface area contributed by atoms with E-state index in [4.69, 9.17) is 0 Å². The van der Waals surface area contributed by atoms with E-state index >= 15 is 0 Å². The van der Waals surface area contributed by atoms with Gasteiger partial charge in [-0.3, -0.25) is 9.89 Å². The van der Waals surface area contributed by atoms with Crippen LogP contribution in [0.3, 0.4) is 0 Å². The molecule has 1 amide bonds. The van der Waals surface area contributed by atoms with E-state index < -0.39 is 0 Å². The zero-order valence-corrected chi connectivity index (χ0v) is 9.11. The first-order valence-corrected chi connectivity index (χ1v) is 4.93. The average Bonchev–Trinajstić information content (AvgIpc) is 2.69. The van der Waals surface area contributed by atoms with Gasteiger partial charge < -0.3 is 0 Å². The van der Waals surface area contributed by atoms with Gasteiger partial charge in [0.1, 0.15) is 0 Å². The third-order valence-corrected chi connectivity index (χ3v) is 2.07. The van der Waals surface area contributed by atoms with Gasteiger partial charge >= 0.3 is 0 Å². The quantitative estimate of drug-likeness (QED) is 0.592. The van der Waals surface area contributed by atoms with Crippen molar-refractivity contribution in [2.24, 2.45) is 5.10 Å². The minimum absolute atomic E-state index is 0.307. The van der Waals surface area contributed by atoms with Crippen molar-refractivity contribution in [1.29, 1.82) is 0 Å². The number of carbonyl (C=O) groups excluding carboxylic acids is 1. The summed E-state index contributed by atoms with van der Waals surface area (Å²) in [5.74, 6) is -0.307. The van der Waals surface area contributed by atoms with Crippen molar-refractivity contribution in [3.05, 3.63) is 30.0 Å². The number of H-pyrrole nitrogens is 1. The van der Waals surface area contributed by atoms with Crippen LogP contribution >= 0.6 is 0 Å². The Hall–Kier alpha value is -2.17. The zero-order chi connectivity index (χ0) is 11.5. The van der Waals surface area contributed by atoms with Gasteiger partial charge in [-0.25, -0.2) is 5.43 Å². The summed E-state index contributed by atoms with van der Waals surface area (Å²) in [6.07, 6.45) is 0. The largest absolute Gasteiger partial charge is 0.292 e. The second kappa shape index (κ2) is 4.14. The number of fused-ring (bicyclic) bond motifs is 1. The van der Waals surface area contributed by atoms with Gasteiger partial charge in [0, 0.05) is 11.1 Å². The molecule has 2 aromatic rings. The highest BCUT2D eigenvalue weighted by Crippen LogP contribution is 2.14. The van der Waals surface area contributed by atoms with Crippen LogP contribution in [0.15, 0.2) is 29.4 Å². The third-order valence-electron chi connectivity index (χ3n) is 2.07. The van der Waals surface area contributed by atoms with E-state index in [0.29, 0.717) is 5.69 Å². The SMILES string of the molecule is CC(C)=NNC(=O)c1n[nH]c2ccccc12. The minimum Gasteiger partial charge on any atom is -0.277 e. The summed E-state index contributed by atoms with van der Waals surface area (Å²) < 4.78 is 0. The van der Waals surface area contributed by atoms with Crippen molar-refractivity contribution in [1.82, 2.24) is 15.6 Å². The Morgan fingerprint density at radius 3 is 2.88 bits per heavy atom. The lowest BCUT2D eigenvalue weighted by atomic mass is 10.2. The minimum atomic E-state index is -0.307. The molecule has 0 aliphatic carbocycles. The fourth-order valence-corrected chi connectivity index (χ4v) is 1.35. The molecule has 2 N–H and O–H groups in total. The van der Waals surface area contributed by atoms with E-state index in [-0.39, 0.29) is 5.91 Å². The molecule has 1 aromatic heterocycles. The number of para-hydroxylation sites is 1. The van der Waals surface area contributed by atoms with Crippen LogP contribution in [0.5, 0.6) is 0 Å². The Morgan fingerprint density at radius 2 is 2.12 bits per heavy atom. The van der Waals surface area contributed by atoms with E-state index in [9.17, 15) is 4.79 Å². The molecule has 1 heterocycles. The molecule has 0 radical (unpaired) electrons. The standard InChI is InChI=1S/C11H12N4O/c1-7(2)12-15-11(16)10-8-5-3-4-6-9(8)13-14-10/h3-6H,1-2H3,(H,13,14)(H,15,16). The van der Waals surface area contributed by atoms with Crippen LogP contribution in [0.25, 0.3) is 10.9 Å². The molecule has 0 saturated carbocycles. The number of rotatable bonds is 2. The summed E-state index contributed by atoms with van der Waals surface area (Å²) in [7, 11) is 0. The molecule has 16 heavy (non-hydrogen) atoms. The normalized spacial score (nSPS) is 10.1. The fraction of sp³-hybridized carbons (Fsp3) is 0.182. The van der Waals surface area contributed by atoms with E-state index in [0.717, 1.165) is 16.6 Å². The second-order valence-corrected chi connectivity index (χ2v) is 3.62. The molecular weight excluding hydrogens is 204 g/mol. The lowest BCUT2D eigenvalue weighted by Gasteiger charge is -1.96. The van der Waals surface area contributed by atoms with E-state index in [1.807, 2.05) is 38.1 Å². The van der Waals surface area contributed by atoms with Crippen LogP contribution in [-0.2, 0) is 0 Å². The van der Waals surface area contributed by atoms with E-state index in [1.165, 1.54) is 0 Å². The van der Waals surface area contributed by atoms with Crippen molar-refractivity contribution in [2.45, 2.75) is 13.8 Å². The lowest BCUT2D eigenvalue weighted by molar-refractivity contribution is 0.0951. The number of hydrazone groups is 1. The highest BCUT2D eigenvalue weighted by Gasteiger charge is 2.12. The maximum atomic E-state index is 11.7. The summed E-state index contributed by atoms with van der Waals surface area (Å²) in [5.41, 5.74) is 4.43. The fourth-order valence-electron chi connectivity index (χ4n) is 1.35. The van der Waals surface area contributed by atoms with Gasteiger partial charge in [0.05, 0.1) is 5.52 Å². The summed E-state index contributed by atoms with van der Waals surface area (Å²) in [4.78, 5) is 11.7. The molecule has 5 heteroatoms. The highest BCUT2D eigenvalue weighted by molar-refractivity contribution is 6.04.